The minimum Gasteiger partial charge on any atom is -0.396 e. The summed E-state index contributed by atoms with van der Waals surface area (Å²) in [6, 6.07) is 9.67. The van der Waals surface area contributed by atoms with Crippen molar-refractivity contribution >= 4 is 10.8 Å². The molecule has 1 heterocycles. The summed E-state index contributed by atoms with van der Waals surface area (Å²) < 4.78 is 1.78. The number of pyridine rings is 1. The molecule has 3 nitrogen and oxygen atoms in total. The maximum Gasteiger partial charge on any atom is 0.258 e. The first-order valence-corrected chi connectivity index (χ1v) is 6.52. The van der Waals surface area contributed by atoms with Crippen LogP contribution in [-0.2, 0) is 6.54 Å². The molecule has 0 saturated heterocycles. The Kier molecular flexibility index (Phi) is 4.53. The van der Waals surface area contributed by atoms with E-state index >= 15 is 0 Å². The summed E-state index contributed by atoms with van der Waals surface area (Å²) in [6.45, 7) is 1.02. The van der Waals surface area contributed by atoms with Gasteiger partial charge in [-0.25, -0.2) is 0 Å². The molecule has 0 aliphatic rings. The zero-order chi connectivity index (χ0) is 12.8. The number of benzene rings is 1. The van der Waals surface area contributed by atoms with E-state index in [0.717, 1.165) is 43.0 Å². The fourth-order valence-electron chi connectivity index (χ4n) is 2.15. The normalized spacial score (nSPS) is 10.9. The van der Waals surface area contributed by atoms with Gasteiger partial charge in [-0.2, -0.15) is 0 Å². The van der Waals surface area contributed by atoms with E-state index in [2.05, 4.69) is 0 Å². The number of fused-ring (bicyclic) bond motifs is 1. The van der Waals surface area contributed by atoms with Crippen LogP contribution in [0.4, 0.5) is 0 Å². The van der Waals surface area contributed by atoms with Crippen molar-refractivity contribution in [1.29, 1.82) is 0 Å². The van der Waals surface area contributed by atoms with Crippen LogP contribution >= 0.6 is 0 Å². The Morgan fingerprint density at radius 1 is 1.00 bits per heavy atom. The van der Waals surface area contributed by atoms with Crippen molar-refractivity contribution in [3.05, 3.63) is 46.9 Å². The van der Waals surface area contributed by atoms with E-state index in [4.69, 9.17) is 5.11 Å². The van der Waals surface area contributed by atoms with Gasteiger partial charge < -0.3 is 9.67 Å². The van der Waals surface area contributed by atoms with Crippen LogP contribution in [0.1, 0.15) is 25.7 Å². The average molecular weight is 245 g/mol. The first kappa shape index (κ1) is 12.8. The van der Waals surface area contributed by atoms with E-state index < -0.39 is 0 Å². The van der Waals surface area contributed by atoms with Crippen LogP contribution in [0.2, 0.25) is 0 Å². The van der Waals surface area contributed by atoms with Crippen molar-refractivity contribution in [2.24, 2.45) is 0 Å². The monoisotopic (exact) mass is 245 g/mol. The minimum atomic E-state index is 0.0928. The molecule has 1 aromatic heterocycles. The molecule has 0 radical (unpaired) electrons. The van der Waals surface area contributed by atoms with Gasteiger partial charge >= 0.3 is 0 Å². The Morgan fingerprint density at radius 2 is 1.78 bits per heavy atom. The molecular formula is C15H19NO2. The third-order valence-corrected chi connectivity index (χ3v) is 3.19. The molecule has 0 aliphatic heterocycles. The molecule has 1 aromatic carbocycles. The largest absolute Gasteiger partial charge is 0.396 e. The van der Waals surface area contributed by atoms with Crippen molar-refractivity contribution in [3.8, 4) is 0 Å². The fourth-order valence-corrected chi connectivity index (χ4v) is 2.15. The first-order chi connectivity index (χ1) is 8.83. The smallest absolute Gasteiger partial charge is 0.258 e. The number of hydrogen-bond donors (Lipinski definition) is 1. The van der Waals surface area contributed by atoms with E-state index in [1.807, 2.05) is 36.5 Å². The van der Waals surface area contributed by atoms with Crippen LogP contribution in [0, 0.1) is 0 Å². The highest BCUT2D eigenvalue weighted by Gasteiger charge is 2.01. The van der Waals surface area contributed by atoms with Gasteiger partial charge in [0.2, 0.25) is 0 Å². The maximum absolute atomic E-state index is 12.2. The standard InChI is InChI=1S/C15H19NO2/c17-12-6-2-1-5-10-16-11-9-13-7-3-4-8-14(13)15(16)18/h3-4,7-9,11,17H,1-2,5-6,10,12H2. The SMILES string of the molecule is O=c1c2ccccc2ccn1CCCCCCO. The highest BCUT2D eigenvalue weighted by molar-refractivity contribution is 5.81. The summed E-state index contributed by atoms with van der Waals surface area (Å²) in [7, 11) is 0. The summed E-state index contributed by atoms with van der Waals surface area (Å²) in [5.74, 6) is 0. The molecule has 0 bridgehead atoms. The molecule has 0 atom stereocenters. The lowest BCUT2D eigenvalue weighted by Crippen LogP contribution is -2.19. The Hall–Kier alpha value is -1.61. The number of rotatable bonds is 6. The lowest BCUT2D eigenvalue weighted by molar-refractivity contribution is 0.282. The van der Waals surface area contributed by atoms with Crippen LogP contribution in [-0.4, -0.2) is 16.3 Å². The number of aliphatic hydroxyl groups is 1. The number of aromatic nitrogens is 1. The molecule has 96 valence electrons. The van der Waals surface area contributed by atoms with E-state index in [1.54, 1.807) is 4.57 Å². The Labute approximate surface area is 107 Å². The van der Waals surface area contributed by atoms with Crippen molar-refractivity contribution < 1.29 is 5.11 Å². The van der Waals surface area contributed by atoms with Gasteiger partial charge in [-0.05, 0) is 30.4 Å². The second-order valence-electron chi connectivity index (χ2n) is 4.54. The fraction of sp³-hybridized carbons (Fsp3) is 0.400. The van der Waals surface area contributed by atoms with Crippen LogP contribution in [0.3, 0.4) is 0 Å². The predicted molar refractivity (Wildman–Crippen MR) is 73.8 cm³/mol. The molecule has 0 aliphatic carbocycles. The number of nitrogens with zero attached hydrogens (tertiary/aromatic N) is 1. The molecule has 3 heteroatoms. The molecule has 0 spiro atoms. The molecular weight excluding hydrogens is 226 g/mol. The molecule has 18 heavy (non-hydrogen) atoms. The van der Waals surface area contributed by atoms with Crippen LogP contribution in [0.25, 0.3) is 10.8 Å². The summed E-state index contributed by atoms with van der Waals surface area (Å²) in [5, 5.41) is 10.5. The average Bonchev–Trinajstić information content (AvgIpc) is 2.41. The lowest BCUT2D eigenvalue weighted by Gasteiger charge is -2.06. The topological polar surface area (TPSA) is 42.2 Å². The second kappa shape index (κ2) is 6.36. The quantitative estimate of drug-likeness (QED) is 0.795. The molecule has 0 amide bonds. The summed E-state index contributed by atoms with van der Waals surface area (Å²) >= 11 is 0. The number of aryl methyl sites for hydroxylation is 1. The van der Waals surface area contributed by atoms with E-state index in [9.17, 15) is 4.79 Å². The van der Waals surface area contributed by atoms with Gasteiger partial charge in [0.1, 0.15) is 0 Å². The van der Waals surface area contributed by atoms with Crippen LogP contribution in [0.15, 0.2) is 41.3 Å². The van der Waals surface area contributed by atoms with Crippen LogP contribution < -0.4 is 5.56 Å². The Bertz CT molecular complexity index is 560. The predicted octanol–water partition coefficient (Wildman–Crippen LogP) is 2.55. The van der Waals surface area contributed by atoms with Gasteiger partial charge in [0, 0.05) is 24.7 Å². The highest BCUT2D eigenvalue weighted by Crippen LogP contribution is 2.09. The Balaban J connectivity index is 2.05. The number of aliphatic hydroxyl groups excluding tert-OH is 1. The molecule has 2 aromatic rings. The third-order valence-electron chi connectivity index (χ3n) is 3.19. The molecule has 0 saturated carbocycles. The molecule has 2 rings (SSSR count). The van der Waals surface area contributed by atoms with Gasteiger partial charge in [-0.15, -0.1) is 0 Å². The molecule has 1 N–H and O–H groups in total. The van der Waals surface area contributed by atoms with Crippen molar-refractivity contribution in [3.63, 3.8) is 0 Å². The zero-order valence-electron chi connectivity index (χ0n) is 10.5. The number of hydrogen-bond acceptors (Lipinski definition) is 2. The van der Waals surface area contributed by atoms with Crippen molar-refractivity contribution in [2.45, 2.75) is 32.2 Å². The molecule has 0 unspecified atom stereocenters. The van der Waals surface area contributed by atoms with Crippen LogP contribution in [0.5, 0.6) is 0 Å². The summed E-state index contributed by atoms with van der Waals surface area (Å²) in [6.07, 6.45) is 5.79. The third kappa shape index (κ3) is 2.99. The highest BCUT2D eigenvalue weighted by atomic mass is 16.2. The van der Waals surface area contributed by atoms with Gasteiger partial charge in [0.05, 0.1) is 0 Å². The zero-order valence-corrected chi connectivity index (χ0v) is 10.5. The summed E-state index contributed by atoms with van der Waals surface area (Å²) in [5.41, 5.74) is 0.0928. The van der Waals surface area contributed by atoms with Gasteiger partial charge in [-0.1, -0.05) is 31.0 Å². The second-order valence-corrected chi connectivity index (χ2v) is 4.54. The van der Waals surface area contributed by atoms with E-state index in [0.29, 0.717) is 0 Å². The lowest BCUT2D eigenvalue weighted by atomic mass is 10.1. The van der Waals surface area contributed by atoms with Gasteiger partial charge in [0.25, 0.3) is 5.56 Å². The minimum absolute atomic E-state index is 0.0928. The van der Waals surface area contributed by atoms with Gasteiger partial charge in [0.15, 0.2) is 0 Å². The Morgan fingerprint density at radius 3 is 2.61 bits per heavy atom. The first-order valence-electron chi connectivity index (χ1n) is 6.52. The van der Waals surface area contributed by atoms with Gasteiger partial charge in [-0.3, -0.25) is 4.79 Å². The van der Waals surface area contributed by atoms with E-state index in [-0.39, 0.29) is 12.2 Å². The van der Waals surface area contributed by atoms with E-state index in [1.165, 1.54) is 0 Å². The van der Waals surface area contributed by atoms with Crippen molar-refractivity contribution in [1.82, 2.24) is 4.57 Å². The maximum atomic E-state index is 12.2. The van der Waals surface area contributed by atoms with Crippen molar-refractivity contribution in [2.75, 3.05) is 6.61 Å². The number of unbranched alkanes of at least 4 members (excludes halogenated alkanes) is 3. The summed E-state index contributed by atoms with van der Waals surface area (Å²) in [4.78, 5) is 12.2. The molecule has 0 fully saturated rings.